The maximum atomic E-state index is 15.1. The van der Waals surface area contributed by atoms with Crippen molar-refractivity contribution in [3.63, 3.8) is 0 Å². The molecule has 3 fully saturated rings. The van der Waals surface area contributed by atoms with Crippen LogP contribution >= 0.6 is 0 Å². The van der Waals surface area contributed by atoms with Crippen LogP contribution in [0.4, 0.5) is 0 Å². The van der Waals surface area contributed by atoms with Gasteiger partial charge in [0.2, 0.25) is 0 Å². The third-order valence-corrected chi connectivity index (χ3v) is 22.6. The molecule has 0 amide bonds. The molecule has 3 aliphatic rings. The van der Waals surface area contributed by atoms with E-state index in [9.17, 15) is 19.2 Å². The van der Waals surface area contributed by atoms with Crippen molar-refractivity contribution in [3.8, 4) is 0 Å². The van der Waals surface area contributed by atoms with Crippen molar-refractivity contribution >= 4 is 29.8 Å². The van der Waals surface area contributed by atoms with Gasteiger partial charge in [0.25, 0.3) is 0 Å². The zero-order valence-corrected chi connectivity index (χ0v) is 70.1. The Balaban J connectivity index is 1.02. The van der Waals surface area contributed by atoms with Gasteiger partial charge in [0.1, 0.15) is 37.1 Å². The second-order valence-corrected chi connectivity index (χ2v) is 33.8. The fourth-order valence-electron chi connectivity index (χ4n) is 15.5. The van der Waals surface area contributed by atoms with Crippen molar-refractivity contribution < 1.29 is 85.6 Å². The lowest BCUT2D eigenvalue weighted by Crippen LogP contribution is -2.68. The maximum absolute atomic E-state index is 15.1. The van der Waals surface area contributed by atoms with Crippen LogP contribution in [0.3, 0.4) is 0 Å². The van der Waals surface area contributed by atoms with E-state index < -0.39 is 110 Å². The average Bonchev–Trinajstić information content (AvgIpc) is 0.754. The number of hydrogen-bond donors (Lipinski definition) is 0. The molecular formula is C97H132O18. The lowest BCUT2D eigenvalue weighted by molar-refractivity contribution is -0.384. The first-order valence-corrected chi connectivity index (χ1v) is 43.1. The third-order valence-electron chi connectivity index (χ3n) is 22.6. The van der Waals surface area contributed by atoms with E-state index >= 15 is 4.79 Å². The van der Waals surface area contributed by atoms with Gasteiger partial charge in [-0.05, 0) is 121 Å². The fraction of sp³-hybridized carbons (Fsp3) is 0.577. The Morgan fingerprint density at radius 1 is 0.357 bits per heavy atom. The van der Waals surface area contributed by atoms with Gasteiger partial charge in [0.05, 0.1) is 47.6 Å². The molecule has 3 heterocycles. The third kappa shape index (κ3) is 31.3. The topological polar surface area (TPSA) is 205 Å². The molecule has 18 atom stereocenters. The number of hydrogen-bond acceptors (Lipinski definition) is 18. The number of rotatable bonds is 50. The number of ether oxygens (including phenoxy) is 13. The Kier molecular flexibility index (Phi) is 39.3. The van der Waals surface area contributed by atoms with Gasteiger partial charge in [-0.1, -0.05) is 306 Å². The number of fused-ring (bicyclic) bond motifs is 1. The van der Waals surface area contributed by atoms with Crippen molar-refractivity contribution in [2.24, 2.45) is 47.3 Å². The van der Waals surface area contributed by atoms with Crippen molar-refractivity contribution in [1.82, 2.24) is 0 Å². The normalized spacial score (nSPS) is 22.7. The van der Waals surface area contributed by atoms with Gasteiger partial charge in [-0.25, -0.2) is 24.0 Å². The van der Waals surface area contributed by atoms with Gasteiger partial charge in [0.15, 0.2) is 43.3 Å². The summed E-state index contributed by atoms with van der Waals surface area (Å²) in [6.45, 7) is 23.5. The molecule has 6 aromatic rings. The molecule has 0 N–H and O–H groups in total. The first-order chi connectivity index (χ1) is 55.7. The highest BCUT2D eigenvalue weighted by atomic mass is 16.8. The van der Waals surface area contributed by atoms with E-state index in [1.807, 2.05) is 30.3 Å². The zero-order valence-electron chi connectivity index (χ0n) is 70.1. The molecule has 3 aliphatic heterocycles. The van der Waals surface area contributed by atoms with Crippen molar-refractivity contribution in [2.45, 2.75) is 271 Å². The van der Waals surface area contributed by atoms with Gasteiger partial charge in [-0.2, -0.15) is 0 Å². The Morgan fingerprint density at radius 3 is 1.13 bits per heavy atom. The van der Waals surface area contributed by atoms with Crippen LogP contribution in [0, 0.1) is 47.3 Å². The molecule has 628 valence electrons. The Morgan fingerprint density at radius 2 is 0.713 bits per heavy atom. The minimum absolute atomic E-state index is 0.114. The van der Waals surface area contributed by atoms with E-state index in [2.05, 4.69) is 69.2 Å². The first kappa shape index (κ1) is 91.3. The number of esters is 5. The van der Waals surface area contributed by atoms with Gasteiger partial charge in [-0.3, -0.25) is 0 Å². The summed E-state index contributed by atoms with van der Waals surface area (Å²) in [5, 5.41) is 0. The summed E-state index contributed by atoms with van der Waals surface area (Å²) in [6, 6.07) is 50.6. The van der Waals surface area contributed by atoms with E-state index in [0.29, 0.717) is 42.4 Å². The molecule has 18 heteroatoms. The van der Waals surface area contributed by atoms with E-state index in [1.165, 1.54) is 89.9 Å². The summed E-state index contributed by atoms with van der Waals surface area (Å²) < 4.78 is 87.5. The van der Waals surface area contributed by atoms with Crippen LogP contribution in [0.1, 0.15) is 261 Å². The van der Waals surface area contributed by atoms with Crippen LogP contribution in [-0.4, -0.2) is 137 Å². The molecule has 0 spiro atoms. The maximum Gasteiger partial charge on any atom is 0.338 e. The molecule has 18 nitrogen and oxygen atoms in total. The van der Waals surface area contributed by atoms with Crippen LogP contribution in [0.5, 0.6) is 0 Å². The van der Waals surface area contributed by atoms with Gasteiger partial charge in [-0.15, -0.1) is 0 Å². The minimum atomic E-state index is -1.80. The van der Waals surface area contributed by atoms with Crippen LogP contribution < -0.4 is 0 Å². The molecular weight excluding hydrogens is 1450 g/mol. The molecule has 0 aromatic heterocycles. The summed E-state index contributed by atoms with van der Waals surface area (Å²) in [5.41, 5.74) is 1.42. The minimum Gasteiger partial charge on any atom is -0.459 e. The standard InChI is InChI=1S/C97H132O18/c1-67(2)35-29-37-69(5)39-31-41-71(7)43-33-45-73(9)59-61-103-63-81(104-62-60-74(10)46-34-44-72(8)42-32-40-70(6)38-30-36-68(3)4)64-106-96-88(112-93(101)78-53-23-14-24-54-78)86(110-91(99)76-49-19-12-20-50-76)85(82(108-96)65-105-90(98)75-47-17-11-18-48-75)115-97-89(113-94(102)79-55-25-15-26-56-79)87(111-92(100)77-51-21-13-22-52-77)84-83(109-97)66-107-95(114-84)80-57-27-16-28-58-80/h11-28,47-58,67-74,81-89,95-97H,29-46,59-66H2,1-10H3/t69?,70?,71?,72?,73?,74?,81?,82?,83?,84-,85+,86?,87?,88-,89-,95?,96+,97-/m0/s1. The molecule has 0 aliphatic carbocycles. The Bertz CT molecular complexity index is 3700. The largest absolute Gasteiger partial charge is 0.459 e. The molecule has 0 saturated carbocycles. The quantitative estimate of drug-likeness (QED) is 0.0198. The molecule has 0 radical (unpaired) electrons. The number of carbonyl (C=O) groups excluding carboxylic acids is 5. The van der Waals surface area contributed by atoms with Crippen LogP contribution in [0.25, 0.3) is 0 Å². The fourth-order valence-corrected chi connectivity index (χ4v) is 15.5. The molecule has 6 aromatic carbocycles. The number of carbonyl (C=O) groups is 5. The lowest BCUT2D eigenvalue weighted by atomic mass is 9.91. The highest BCUT2D eigenvalue weighted by molar-refractivity contribution is 5.92. The van der Waals surface area contributed by atoms with Gasteiger partial charge in [0, 0.05) is 18.8 Å². The molecule has 9 rings (SSSR count). The number of benzene rings is 6. The van der Waals surface area contributed by atoms with Gasteiger partial charge < -0.3 is 61.6 Å². The smallest absolute Gasteiger partial charge is 0.338 e. The summed E-state index contributed by atoms with van der Waals surface area (Å²) in [6.07, 6.45) is 6.54. The summed E-state index contributed by atoms with van der Waals surface area (Å²) in [4.78, 5) is 74.0. The van der Waals surface area contributed by atoms with E-state index in [1.54, 1.807) is 152 Å². The highest BCUT2D eigenvalue weighted by Crippen LogP contribution is 2.41. The van der Waals surface area contributed by atoms with Crippen LogP contribution in [0.2, 0.25) is 0 Å². The zero-order chi connectivity index (χ0) is 81.7. The van der Waals surface area contributed by atoms with Gasteiger partial charge >= 0.3 is 29.8 Å². The Hall–Kier alpha value is -7.65. The molecule has 12 unspecified atom stereocenters. The predicted molar refractivity (Wildman–Crippen MR) is 445 cm³/mol. The molecule has 115 heavy (non-hydrogen) atoms. The van der Waals surface area contributed by atoms with E-state index in [0.717, 1.165) is 62.2 Å². The monoisotopic (exact) mass is 1580 g/mol. The van der Waals surface area contributed by atoms with Crippen LogP contribution in [-0.2, 0) is 61.6 Å². The predicted octanol–water partition coefficient (Wildman–Crippen LogP) is 21.0. The molecule has 3 saturated heterocycles. The SMILES string of the molecule is CC(C)CCCC(C)CCCC(C)CCCC(C)CCOCC(CO[C@@H]1OC(COC(=O)c2ccccc2)[C@@H](O[C@@H]2OC3COC(c4ccccc4)O[C@@H]3C(OC(=O)c3ccccc3)[C@@H]2OC(=O)c2ccccc2)C(OC(=O)c2ccccc2)[C@@H]1OC(=O)c1ccccc1)OCCC(C)CCCC(C)CCCC(C)CCCC(C)C. The van der Waals surface area contributed by atoms with Crippen molar-refractivity contribution in [3.05, 3.63) is 215 Å². The average molecular weight is 1590 g/mol. The van der Waals surface area contributed by atoms with Crippen molar-refractivity contribution in [1.29, 1.82) is 0 Å². The van der Waals surface area contributed by atoms with E-state index in [-0.39, 0.29) is 47.6 Å². The summed E-state index contributed by atoms with van der Waals surface area (Å²) >= 11 is 0. The first-order valence-electron chi connectivity index (χ1n) is 43.1. The second-order valence-electron chi connectivity index (χ2n) is 33.8. The summed E-state index contributed by atoms with van der Waals surface area (Å²) in [7, 11) is 0. The second kappa shape index (κ2) is 49.5. The Labute approximate surface area is 685 Å². The highest BCUT2D eigenvalue weighted by Gasteiger charge is 2.59. The lowest BCUT2D eigenvalue weighted by Gasteiger charge is -2.50. The van der Waals surface area contributed by atoms with Crippen LogP contribution in [0.15, 0.2) is 182 Å². The summed E-state index contributed by atoms with van der Waals surface area (Å²) in [5.74, 6) is 1.03. The molecule has 0 bridgehead atoms. The van der Waals surface area contributed by atoms with E-state index in [4.69, 9.17) is 61.6 Å². The van der Waals surface area contributed by atoms with Crippen molar-refractivity contribution in [2.75, 3.05) is 39.6 Å².